The fourth-order valence-corrected chi connectivity index (χ4v) is 11.0. The molecule has 2 aliphatic rings. The normalized spacial score (nSPS) is 16.0. The Kier molecular flexibility index (Phi) is 15.2. The number of carbonyl (C=O) groups is 2. The first-order chi connectivity index (χ1) is 32.0. The molecule has 11 nitrogen and oxygen atoms in total. The molecule has 8 rings (SSSR count). The maximum Gasteiger partial charge on any atom is 0.264 e. The van der Waals surface area contributed by atoms with E-state index in [1.807, 2.05) is 0 Å². The number of likely N-dealkylation sites (tertiary alicyclic amines) is 2. The Morgan fingerprint density at radius 1 is 0.567 bits per heavy atom. The molecule has 2 aliphatic heterocycles. The molecular weight excluding hydrogens is 932 g/mol. The van der Waals surface area contributed by atoms with Gasteiger partial charge in [0.15, 0.2) is 0 Å². The fourth-order valence-electron chi connectivity index (χ4n) is 8.10. The van der Waals surface area contributed by atoms with E-state index in [2.05, 4.69) is 0 Å². The first-order valence-corrected chi connectivity index (χ1v) is 24.4. The summed E-state index contributed by atoms with van der Waals surface area (Å²) in [5.74, 6) is -2.26. The van der Waals surface area contributed by atoms with Gasteiger partial charge in [0.1, 0.15) is 42.1 Å². The molecule has 2 atom stereocenters. The smallest absolute Gasteiger partial charge is 0.264 e. The van der Waals surface area contributed by atoms with Crippen LogP contribution in [0.5, 0.6) is 5.75 Å². The molecule has 2 fully saturated rings. The van der Waals surface area contributed by atoms with Gasteiger partial charge in [0.05, 0.1) is 40.4 Å². The third kappa shape index (κ3) is 11.4. The van der Waals surface area contributed by atoms with Crippen molar-refractivity contribution in [3.8, 4) is 5.75 Å². The highest BCUT2D eigenvalue weighted by Gasteiger charge is 2.36. The minimum Gasteiger partial charge on any atom is -0.497 e. The van der Waals surface area contributed by atoms with E-state index in [1.54, 1.807) is 34.1 Å². The molecule has 2 amide bonds. The summed E-state index contributed by atoms with van der Waals surface area (Å²) in [6, 6.07) is 32.7. The number of rotatable bonds is 13. The average Bonchev–Trinajstić information content (AvgIpc) is 4.03. The molecule has 6 aromatic rings. The first kappa shape index (κ1) is 48.5. The van der Waals surface area contributed by atoms with Crippen molar-refractivity contribution < 1.29 is 48.7 Å². The van der Waals surface area contributed by atoms with Crippen LogP contribution in [0.1, 0.15) is 48.9 Å². The highest BCUT2D eigenvalue weighted by Crippen LogP contribution is 2.35. The van der Waals surface area contributed by atoms with Gasteiger partial charge in [-0.2, -0.15) is 0 Å². The summed E-state index contributed by atoms with van der Waals surface area (Å²) < 4.78 is 115. The summed E-state index contributed by atoms with van der Waals surface area (Å²) >= 11 is 5.96. The maximum absolute atomic E-state index is 14.0. The molecule has 0 radical (unpaired) electrons. The van der Waals surface area contributed by atoms with Crippen molar-refractivity contribution in [1.82, 2.24) is 9.80 Å². The van der Waals surface area contributed by atoms with E-state index in [0.29, 0.717) is 36.7 Å². The monoisotopic (exact) mass is 976 g/mol. The first-order valence-electron chi connectivity index (χ1n) is 21.1. The average molecular weight is 977 g/mol. The predicted molar refractivity (Wildman–Crippen MR) is 246 cm³/mol. The molecule has 2 unspecified atom stereocenters. The number of anilines is 2. The van der Waals surface area contributed by atoms with Crippen molar-refractivity contribution in [2.75, 3.05) is 41.9 Å². The van der Waals surface area contributed by atoms with Crippen molar-refractivity contribution in [2.45, 2.75) is 47.6 Å². The lowest BCUT2D eigenvalue weighted by Gasteiger charge is -2.30. The van der Waals surface area contributed by atoms with Gasteiger partial charge in [0, 0.05) is 18.1 Å². The van der Waals surface area contributed by atoms with E-state index in [-0.39, 0.29) is 50.8 Å². The standard InChI is InChI=1S/C25H24F2N2O4S.C24H21ClF2N2O3S/c1-33-22-11-13-23(14-12-22)34(31,32)29(21-5-2-4-20(27)16-21)17-25(30)28-15-3-6-24(28)18-7-9-19(26)10-8-18;25-18-5-11-21(12-6-18)29(33(31,32)22-13-9-20(27)10-14-22)16-24(30)28-15-1-2-23(28)17-3-7-19(26)8-4-17/h2,4-5,7-14,16,24H,3,6,15,17H2,1H3;3-14,23H,1-2,15-16H2. The van der Waals surface area contributed by atoms with Crippen LogP contribution in [-0.2, 0) is 29.6 Å². The number of hydrogen-bond acceptors (Lipinski definition) is 7. The Morgan fingerprint density at radius 2 is 0.985 bits per heavy atom. The van der Waals surface area contributed by atoms with Crippen LogP contribution in [0.2, 0.25) is 5.02 Å². The number of benzene rings is 6. The van der Waals surface area contributed by atoms with Gasteiger partial charge >= 0.3 is 0 Å². The summed E-state index contributed by atoms with van der Waals surface area (Å²) in [5.41, 5.74) is 1.88. The predicted octanol–water partition coefficient (Wildman–Crippen LogP) is 9.71. The highest BCUT2D eigenvalue weighted by atomic mass is 35.5. The maximum atomic E-state index is 14.0. The number of halogens is 5. The van der Waals surface area contributed by atoms with E-state index in [1.165, 1.54) is 98.1 Å². The summed E-state index contributed by atoms with van der Waals surface area (Å²) in [6.45, 7) is -0.0407. The topological polar surface area (TPSA) is 125 Å². The number of nitrogens with zero attached hydrogens (tertiary/aromatic N) is 4. The second-order valence-electron chi connectivity index (χ2n) is 15.7. The fraction of sp³-hybridized carbons (Fsp3) is 0.224. The Morgan fingerprint density at radius 3 is 1.42 bits per heavy atom. The zero-order valence-electron chi connectivity index (χ0n) is 36.0. The van der Waals surface area contributed by atoms with Crippen molar-refractivity contribution in [3.05, 3.63) is 185 Å². The van der Waals surface area contributed by atoms with Crippen molar-refractivity contribution in [3.63, 3.8) is 0 Å². The Labute approximate surface area is 391 Å². The minimum absolute atomic E-state index is 0.0432. The largest absolute Gasteiger partial charge is 0.497 e. The minimum atomic E-state index is -4.19. The molecule has 0 N–H and O–H groups in total. The number of carbonyl (C=O) groups excluding carboxylic acids is 2. The molecule has 350 valence electrons. The number of ether oxygens (including phenoxy) is 1. The van der Waals surface area contributed by atoms with Gasteiger partial charge in [0.2, 0.25) is 11.8 Å². The highest BCUT2D eigenvalue weighted by molar-refractivity contribution is 7.93. The molecule has 67 heavy (non-hydrogen) atoms. The molecule has 18 heteroatoms. The number of methoxy groups -OCH3 is 1. The Hall–Kier alpha value is -6.43. The van der Waals surface area contributed by atoms with Crippen LogP contribution in [0.4, 0.5) is 28.9 Å². The Bertz CT molecular complexity index is 2900. The molecule has 0 aliphatic carbocycles. The van der Waals surface area contributed by atoms with Crippen LogP contribution in [-0.4, -0.2) is 71.7 Å². The van der Waals surface area contributed by atoms with Gasteiger partial charge in [-0.3, -0.25) is 18.2 Å². The zero-order chi connectivity index (χ0) is 47.9. The van der Waals surface area contributed by atoms with Crippen LogP contribution in [0.25, 0.3) is 0 Å². The van der Waals surface area contributed by atoms with Crippen molar-refractivity contribution >= 4 is 54.8 Å². The summed E-state index contributed by atoms with van der Waals surface area (Å²) in [6.07, 6.45) is 2.87. The molecular formula is C49H45ClF4N4O7S2. The lowest BCUT2D eigenvalue weighted by atomic mass is 10.0. The third-order valence-corrected chi connectivity index (χ3v) is 15.3. The van der Waals surface area contributed by atoms with Gasteiger partial charge in [-0.05, 0) is 152 Å². The van der Waals surface area contributed by atoms with Gasteiger partial charge in [-0.25, -0.2) is 34.4 Å². The third-order valence-electron chi connectivity index (χ3n) is 11.5. The van der Waals surface area contributed by atoms with Gasteiger partial charge in [-0.15, -0.1) is 0 Å². The lowest BCUT2D eigenvalue weighted by molar-refractivity contribution is -0.131. The molecule has 0 bridgehead atoms. The second kappa shape index (κ2) is 21.0. The van der Waals surface area contributed by atoms with Crippen molar-refractivity contribution in [2.24, 2.45) is 0 Å². The van der Waals surface area contributed by atoms with Crippen LogP contribution in [0.15, 0.2) is 155 Å². The van der Waals surface area contributed by atoms with Gasteiger partial charge in [0.25, 0.3) is 20.0 Å². The number of amides is 2. The van der Waals surface area contributed by atoms with E-state index in [4.69, 9.17) is 16.3 Å². The number of hydrogen-bond donors (Lipinski definition) is 0. The van der Waals surface area contributed by atoms with E-state index < -0.39 is 50.7 Å². The van der Waals surface area contributed by atoms with E-state index in [0.717, 1.165) is 62.9 Å². The molecule has 2 heterocycles. The quantitative estimate of drug-likeness (QED) is 0.106. The van der Waals surface area contributed by atoms with E-state index in [9.17, 15) is 44.0 Å². The molecule has 2 saturated heterocycles. The Balaban J connectivity index is 0.000000199. The molecule has 0 saturated carbocycles. The molecule has 0 spiro atoms. The van der Waals surface area contributed by atoms with Crippen LogP contribution >= 0.6 is 11.6 Å². The molecule has 0 aromatic heterocycles. The number of sulfonamides is 2. The summed E-state index contributed by atoms with van der Waals surface area (Å²) in [4.78, 5) is 29.7. The zero-order valence-corrected chi connectivity index (χ0v) is 38.4. The van der Waals surface area contributed by atoms with Crippen molar-refractivity contribution in [1.29, 1.82) is 0 Å². The summed E-state index contributed by atoms with van der Waals surface area (Å²) in [7, 11) is -6.90. The molecule has 6 aromatic carbocycles. The van der Waals surface area contributed by atoms with Crippen LogP contribution < -0.4 is 13.3 Å². The lowest BCUT2D eigenvalue weighted by Crippen LogP contribution is -2.42. The second-order valence-corrected chi connectivity index (χ2v) is 19.9. The van der Waals surface area contributed by atoms with E-state index >= 15 is 0 Å². The van der Waals surface area contributed by atoms with Gasteiger partial charge in [-0.1, -0.05) is 41.9 Å². The van der Waals surface area contributed by atoms with Crippen LogP contribution in [0, 0.1) is 23.3 Å². The van der Waals surface area contributed by atoms with Crippen LogP contribution in [0.3, 0.4) is 0 Å². The summed E-state index contributed by atoms with van der Waals surface area (Å²) in [5, 5.41) is 0.417. The SMILES string of the molecule is COc1ccc(S(=O)(=O)N(CC(=O)N2CCCC2c2ccc(F)cc2)c2cccc(F)c2)cc1.O=C(CN(c1ccc(Cl)cc1)S(=O)(=O)c1ccc(F)cc1)N1CCCC1c1ccc(F)cc1. The van der Waals surface area contributed by atoms with Gasteiger partial charge < -0.3 is 14.5 Å².